The lowest BCUT2D eigenvalue weighted by Crippen LogP contribution is -2.52. The first-order valence-electron chi connectivity index (χ1n) is 28.8. The molecule has 15 nitrogen and oxygen atoms in total. The van der Waals surface area contributed by atoms with Gasteiger partial charge in [0.05, 0.1) is 19.3 Å². The van der Waals surface area contributed by atoms with Crippen LogP contribution in [0.2, 0.25) is 0 Å². The number of carboxylic acids is 3. The van der Waals surface area contributed by atoms with Crippen LogP contribution >= 0.6 is 0 Å². The molecule has 9 N–H and O–H groups in total. The number of hydrogen-bond acceptors (Lipinski definition) is 12. The standard InChI is InChI=1S/C46H80O6.3C3H7NO2.C2H6/c1-5-7-9-11-13-15-17-24-42(47)50-34-38(52-44(49)25-18-16-14-12-10-8-6-2)35-51-43(48)26-21-23-37-28-30-40-39-29-27-36-22-19-20-32-45(36,3)41(39)31-33-46(37,40)4;3*4-2-1-3(5)6;1-2/h36-41H,5-35H2,1-4H3;3*1-2,4H2,(H,5,6);1-2H3. The molecule has 8 unspecified atom stereocenters. The van der Waals surface area contributed by atoms with E-state index in [4.69, 9.17) is 46.7 Å². The second-order valence-electron chi connectivity index (χ2n) is 21.1. The second kappa shape index (κ2) is 42.0. The second-order valence-corrected chi connectivity index (χ2v) is 21.1. The quantitative estimate of drug-likeness (QED) is 0.0214. The van der Waals surface area contributed by atoms with Gasteiger partial charge in [-0.15, -0.1) is 0 Å². The third-order valence-corrected chi connectivity index (χ3v) is 15.9. The van der Waals surface area contributed by atoms with E-state index in [-0.39, 0.29) is 70.0 Å². The Hall–Kier alpha value is -3.30. The van der Waals surface area contributed by atoms with Crippen LogP contribution in [0.15, 0.2) is 0 Å². The molecule has 8 atom stereocenters. The summed E-state index contributed by atoms with van der Waals surface area (Å²) in [6.45, 7) is 14.3. The highest BCUT2D eigenvalue weighted by Crippen LogP contribution is 2.68. The summed E-state index contributed by atoms with van der Waals surface area (Å²) in [5.41, 5.74) is 15.5. The van der Waals surface area contributed by atoms with E-state index in [1.54, 1.807) is 0 Å². The average molecular weight is 1030 g/mol. The predicted octanol–water partition coefficient (Wildman–Crippen LogP) is 11.8. The van der Waals surface area contributed by atoms with Crippen molar-refractivity contribution in [1.82, 2.24) is 0 Å². The van der Waals surface area contributed by atoms with Crippen molar-refractivity contribution in [2.75, 3.05) is 32.8 Å². The Kier molecular flexibility index (Phi) is 40.1. The fraction of sp³-hybridized carbons (Fsp3) is 0.895. The van der Waals surface area contributed by atoms with Crippen molar-refractivity contribution in [1.29, 1.82) is 0 Å². The van der Waals surface area contributed by atoms with Crippen LogP contribution in [0.4, 0.5) is 0 Å². The molecule has 0 spiro atoms. The van der Waals surface area contributed by atoms with Crippen LogP contribution in [0.5, 0.6) is 0 Å². The van der Waals surface area contributed by atoms with Gasteiger partial charge in [0, 0.05) is 38.9 Å². The molecule has 0 aromatic heterocycles. The zero-order valence-electron chi connectivity index (χ0n) is 46.4. The minimum atomic E-state index is -0.836. The van der Waals surface area contributed by atoms with Crippen molar-refractivity contribution >= 4 is 35.8 Å². The maximum absolute atomic E-state index is 13.0. The van der Waals surface area contributed by atoms with Gasteiger partial charge in [-0.2, -0.15) is 0 Å². The number of rotatable bonds is 31. The van der Waals surface area contributed by atoms with Crippen LogP contribution in [0.3, 0.4) is 0 Å². The number of ether oxygens (including phenoxy) is 3. The van der Waals surface area contributed by atoms with Crippen LogP contribution in [-0.2, 0) is 43.0 Å². The maximum atomic E-state index is 13.0. The third kappa shape index (κ3) is 29.0. The van der Waals surface area contributed by atoms with Gasteiger partial charge in [0.15, 0.2) is 6.10 Å². The minimum Gasteiger partial charge on any atom is -0.481 e. The molecule has 72 heavy (non-hydrogen) atoms. The van der Waals surface area contributed by atoms with E-state index in [2.05, 4.69) is 27.7 Å². The van der Waals surface area contributed by atoms with E-state index in [1.807, 2.05) is 13.8 Å². The smallest absolute Gasteiger partial charge is 0.306 e. The average Bonchev–Trinajstić information content (AvgIpc) is 3.68. The number of nitrogens with two attached hydrogens (primary N) is 3. The molecule has 0 heterocycles. The number of unbranched alkanes of at least 4 members (excludes halogenated alkanes) is 12. The lowest BCUT2D eigenvalue weighted by atomic mass is 9.45. The lowest BCUT2D eigenvalue weighted by Gasteiger charge is -2.60. The van der Waals surface area contributed by atoms with Crippen LogP contribution in [-0.4, -0.2) is 90.1 Å². The van der Waals surface area contributed by atoms with Gasteiger partial charge in [-0.05, 0) is 117 Å². The lowest BCUT2D eigenvalue weighted by molar-refractivity contribution is -0.167. The fourth-order valence-corrected chi connectivity index (χ4v) is 12.1. The molecule has 0 saturated heterocycles. The van der Waals surface area contributed by atoms with Crippen LogP contribution in [0.25, 0.3) is 0 Å². The van der Waals surface area contributed by atoms with Gasteiger partial charge in [0.2, 0.25) is 0 Å². The fourth-order valence-electron chi connectivity index (χ4n) is 12.1. The molecule has 15 heteroatoms. The molecule has 4 aliphatic rings. The van der Waals surface area contributed by atoms with Crippen molar-refractivity contribution in [3.8, 4) is 0 Å². The van der Waals surface area contributed by atoms with Gasteiger partial charge in [0.25, 0.3) is 0 Å². The number of fused-ring (bicyclic) bond motifs is 5. The molecule has 0 aliphatic heterocycles. The van der Waals surface area contributed by atoms with E-state index >= 15 is 0 Å². The number of hydrogen-bond donors (Lipinski definition) is 6. The van der Waals surface area contributed by atoms with Gasteiger partial charge in [-0.1, -0.05) is 131 Å². The van der Waals surface area contributed by atoms with E-state index in [1.165, 1.54) is 116 Å². The first-order chi connectivity index (χ1) is 34.5. The Morgan fingerprint density at radius 3 is 1.40 bits per heavy atom. The molecule has 4 saturated carbocycles. The number of aliphatic carboxylic acids is 3. The third-order valence-electron chi connectivity index (χ3n) is 15.9. The number of carboxylic acid groups (broad SMARTS) is 3. The Morgan fingerprint density at radius 1 is 0.500 bits per heavy atom. The Morgan fingerprint density at radius 2 is 0.944 bits per heavy atom. The van der Waals surface area contributed by atoms with Gasteiger partial charge >= 0.3 is 35.8 Å². The molecule has 4 rings (SSSR count). The maximum Gasteiger partial charge on any atom is 0.306 e. The summed E-state index contributed by atoms with van der Waals surface area (Å²) < 4.78 is 16.9. The van der Waals surface area contributed by atoms with Gasteiger partial charge in [-0.25, -0.2) is 0 Å². The van der Waals surface area contributed by atoms with Crippen molar-refractivity contribution < 1.29 is 58.3 Å². The molecule has 4 aliphatic carbocycles. The highest BCUT2D eigenvalue weighted by atomic mass is 16.6. The molecule has 0 aromatic rings. The first kappa shape index (κ1) is 68.7. The highest BCUT2D eigenvalue weighted by molar-refractivity contribution is 5.71. The normalized spacial score (nSPS) is 23.9. The zero-order valence-corrected chi connectivity index (χ0v) is 46.4. The summed E-state index contributed by atoms with van der Waals surface area (Å²) in [5.74, 6) is 1.02. The van der Waals surface area contributed by atoms with E-state index < -0.39 is 24.0 Å². The SMILES string of the molecule is CC.CCCCCCCCCC(=O)OCC(COC(=O)CCCC1CCC2C3CCC4CCCCC4(C)C3CCC12C)OC(=O)CCCCCCCCC.NCCC(=O)O.NCCC(=O)O.NCCC(=O)O. The van der Waals surface area contributed by atoms with E-state index in [0.29, 0.717) is 36.0 Å². The molecule has 422 valence electrons. The topological polar surface area (TPSA) is 269 Å². The Bertz CT molecular complexity index is 1430. The van der Waals surface area contributed by atoms with E-state index in [9.17, 15) is 28.8 Å². The molecule has 0 radical (unpaired) electrons. The molecular weight excluding hydrogens is 919 g/mol. The summed E-state index contributed by atoms with van der Waals surface area (Å²) >= 11 is 0. The van der Waals surface area contributed by atoms with Crippen molar-refractivity contribution in [2.45, 2.75) is 253 Å². The van der Waals surface area contributed by atoms with Crippen LogP contribution < -0.4 is 17.2 Å². The van der Waals surface area contributed by atoms with Crippen molar-refractivity contribution in [2.24, 2.45) is 57.6 Å². The summed E-state index contributed by atoms with van der Waals surface area (Å²) in [5, 5.41) is 23.5. The minimum absolute atomic E-state index is 0.0572. The highest BCUT2D eigenvalue weighted by Gasteiger charge is 2.59. The van der Waals surface area contributed by atoms with Crippen LogP contribution in [0.1, 0.15) is 247 Å². The largest absolute Gasteiger partial charge is 0.481 e. The summed E-state index contributed by atoms with van der Waals surface area (Å²) in [7, 11) is 0. The van der Waals surface area contributed by atoms with Crippen molar-refractivity contribution in [3.05, 3.63) is 0 Å². The number of carbonyl (C=O) groups excluding carboxylic acids is 3. The monoisotopic (exact) mass is 1030 g/mol. The molecule has 0 bridgehead atoms. The summed E-state index contributed by atoms with van der Waals surface area (Å²) in [6, 6.07) is 0. The van der Waals surface area contributed by atoms with Gasteiger partial charge in [0.1, 0.15) is 13.2 Å². The Labute approximate surface area is 436 Å². The van der Waals surface area contributed by atoms with Gasteiger partial charge < -0.3 is 46.7 Å². The van der Waals surface area contributed by atoms with E-state index in [0.717, 1.165) is 75.0 Å². The van der Waals surface area contributed by atoms with Crippen LogP contribution in [0, 0.1) is 40.4 Å². The molecule has 0 aromatic carbocycles. The number of esters is 3. The zero-order chi connectivity index (χ0) is 54.2. The number of carbonyl (C=O) groups is 6. The first-order valence-corrected chi connectivity index (χ1v) is 28.8. The summed E-state index contributed by atoms with van der Waals surface area (Å²) in [6.07, 6.45) is 32.4. The molecular formula is C57H107N3O12. The van der Waals surface area contributed by atoms with Gasteiger partial charge in [-0.3, -0.25) is 28.8 Å². The van der Waals surface area contributed by atoms with Crippen molar-refractivity contribution in [3.63, 3.8) is 0 Å². The predicted molar refractivity (Wildman–Crippen MR) is 286 cm³/mol. The summed E-state index contributed by atoms with van der Waals surface area (Å²) in [4.78, 5) is 66.8. The Balaban J connectivity index is 0.00000212. The molecule has 0 amide bonds. The molecule has 4 fully saturated rings.